The van der Waals surface area contributed by atoms with Crippen molar-refractivity contribution in [3.05, 3.63) is 0 Å². The molecule has 0 saturated carbocycles. The molecule has 1 unspecified atom stereocenters. The maximum atomic E-state index is 11.3. The summed E-state index contributed by atoms with van der Waals surface area (Å²) in [5, 5.41) is 3.24. The van der Waals surface area contributed by atoms with E-state index in [1.807, 2.05) is 0 Å². The first-order valence-corrected chi connectivity index (χ1v) is 4.21. The average Bonchev–Trinajstić information content (AvgIpc) is 2.30. The van der Waals surface area contributed by atoms with Gasteiger partial charge in [-0.25, -0.2) is 9.98 Å². The van der Waals surface area contributed by atoms with Gasteiger partial charge in [-0.3, -0.25) is 4.79 Å². The molecule has 80 valence electrons. The van der Waals surface area contributed by atoms with Crippen LogP contribution in [0.5, 0.6) is 0 Å². The molecule has 6 heteroatoms. The van der Waals surface area contributed by atoms with Crippen LogP contribution in [0, 0.1) is 5.92 Å². The van der Waals surface area contributed by atoms with Crippen molar-refractivity contribution in [1.29, 1.82) is 0 Å². The highest BCUT2D eigenvalue weighted by Crippen LogP contribution is 2.15. The third kappa shape index (κ3) is 2.77. The smallest absolute Gasteiger partial charge is 0.255 e. The van der Waals surface area contributed by atoms with Gasteiger partial charge >= 0.3 is 0 Å². The molecule has 4 nitrogen and oxygen atoms in total. The zero-order valence-electron chi connectivity index (χ0n) is 7.60. The van der Waals surface area contributed by atoms with Crippen LogP contribution in [0.15, 0.2) is 9.98 Å². The Hall–Kier alpha value is -0.450. The fourth-order valence-electron chi connectivity index (χ4n) is 1.60. The fraction of sp³-hybridized carbons (Fsp3) is 0.625. The van der Waals surface area contributed by atoms with Gasteiger partial charge in [0, 0.05) is 12.3 Å². The van der Waals surface area contributed by atoms with Crippen molar-refractivity contribution in [1.82, 2.24) is 5.32 Å². The number of carbonyl (C=O) groups is 1. The van der Waals surface area contributed by atoms with E-state index < -0.39 is 0 Å². The van der Waals surface area contributed by atoms with Gasteiger partial charge in [0.05, 0.1) is 5.92 Å². The second-order valence-corrected chi connectivity index (χ2v) is 3.04. The van der Waals surface area contributed by atoms with Crippen LogP contribution >= 0.6 is 24.8 Å². The van der Waals surface area contributed by atoms with Gasteiger partial charge in [0.15, 0.2) is 0 Å². The van der Waals surface area contributed by atoms with Crippen LogP contribution in [0.2, 0.25) is 0 Å². The zero-order valence-corrected chi connectivity index (χ0v) is 9.24. The number of nitrogens with zero attached hydrogens (tertiary/aromatic N) is 2. The van der Waals surface area contributed by atoms with Crippen LogP contribution < -0.4 is 5.32 Å². The third-order valence-electron chi connectivity index (χ3n) is 2.28. The molecule has 0 bridgehead atoms. The highest BCUT2D eigenvalue weighted by atomic mass is 35.5. The second-order valence-electron chi connectivity index (χ2n) is 3.04. The lowest BCUT2D eigenvalue weighted by molar-refractivity contribution is -0.119. The van der Waals surface area contributed by atoms with Crippen molar-refractivity contribution in [2.75, 3.05) is 13.1 Å². The van der Waals surface area contributed by atoms with Crippen molar-refractivity contribution >= 4 is 42.8 Å². The van der Waals surface area contributed by atoms with Crippen molar-refractivity contribution in [3.63, 3.8) is 0 Å². The average molecular weight is 238 g/mol. The first-order chi connectivity index (χ1) is 5.88. The van der Waals surface area contributed by atoms with Gasteiger partial charge in [-0.1, -0.05) is 0 Å². The van der Waals surface area contributed by atoms with E-state index in [2.05, 4.69) is 15.3 Å². The quantitative estimate of drug-likeness (QED) is 0.679. The minimum atomic E-state index is -0.0370. The SMILES string of the molecule is Cl.Cl.O=C1N=CN=C2CCNCCC12. The molecular weight excluding hydrogens is 225 g/mol. The number of nitrogens with one attached hydrogen (secondary N) is 1. The van der Waals surface area contributed by atoms with Crippen molar-refractivity contribution in [2.45, 2.75) is 12.8 Å². The Morgan fingerprint density at radius 2 is 2.14 bits per heavy atom. The lowest BCUT2D eigenvalue weighted by Crippen LogP contribution is -2.25. The molecule has 2 rings (SSSR count). The molecule has 1 N–H and O–H groups in total. The molecule has 1 amide bonds. The fourth-order valence-corrected chi connectivity index (χ4v) is 1.60. The number of amides is 1. The third-order valence-corrected chi connectivity index (χ3v) is 2.28. The molecule has 0 aromatic rings. The highest BCUT2D eigenvalue weighted by molar-refractivity contribution is 6.11. The van der Waals surface area contributed by atoms with Crippen molar-refractivity contribution in [3.8, 4) is 0 Å². The van der Waals surface area contributed by atoms with Crippen LogP contribution in [0.1, 0.15) is 12.8 Å². The van der Waals surface area contributed by atoms with Gasteiger partial charge in [-0.15, -0.1) is 24.8 Å². The van der Waals surface area contributed by atoms with Gasteiger partial charge < -0.3 is 5.32 Å². The second kappa shape index (κ2) is 6.11. The lowest BCUT2D eigenvalue weighted by Gasteiger charge is -2.13. The lowest BCUT2D eigenvalue weighted by atomic mass is 9.97. The Balaban J connectivity index is 0.000000845. The Morgan fingerprint density at radius 3 is 2.93 bits per heavy atom. The first kappa shape index (κ1) is 13.5. The number of carbonyl (C=O) groups excluding carboxylic acids is 1. The summed E-state index contributed by atoms with van der Waals surface area (Å²) in [5.74, 6) is -0.0614. The predicted molar refractivity (Wildman–Crippen MR) is 61.0 cm³/mol. The van der Waals surface area contributed by atoms with E-state index in [1.54, 1.807) is 0 Å². The Morgan fingerprint density at radius 1 is 1.36 bits per heavy atom. The van der Waals surface area contributed by atoms with E-state index in [9.17, 15) is 4.79 Å². The van der Waals surface area contributed by atoms with E-state index in [0.717, 1.165) is 31.6 Å². The normalized spacial score (nSPS) is 25.0. The summed E-state index contributed by atoms with van der Waals surface area (Å²) < 4.78 is 0. The van der Waals surface area contributed by atoms with E-state index >= 15 is 0 Å². The molecule has 1 atom stereocenters. The first-order valence-electron chi connectivity index (χ1n) is 4.21. The van der Waals surface area contributed by atoms with Gasteiger partial charge in [-0.05, 0) is 19.4 Å². The van der Waals surface area contributed by atoms with Gasteiger partial charge in [0.2, 0.25) is 0 Å². The molecule has 0 aromatic carbocycles. The molecule has 0 aromatic heterocycles. The van der Waals surface area contributed by atoms with E-state index in [1.165, 1.54) is 6.34 Å². The number of fused-ring (bicyclic) bond motifs is 1. The van der Waals surface area contributed by atoms with E-state index in [-0.39, 0.29) is 36.6 Å². The van der Waals surface area contributed by atoms with E-state index in [4.69, 9.17) is 0 Å². The van der Waals surface area contributed by atoms with E-state index in [0.29, 0.717) is 0 Å². The molecule has 1 fully saturated rings. The molecule has 2 heterocycles. The summed E-state index contributed by atoms with van der Waals surface area (Å²) in [4.78, 5) is 19.1. The predicted octanol–water partition coefficient (Wildman–Crippen LogP) is 0.839. The molecule has 2 aliphatic heterocycles. The standard InChI is InChI=1S/C8H11N3O.2ClH/c12-8-6-1-3-9-4-2-7(6)10-5-11-8;;/h5-6,9H,1-4H2;2*1H. The number of rotatable bonds is 0. The number of hydrogen-bond donors (Lipinski definition) is 1. The van der Waals surface area contributed by atoms with Crippen LogP contribution in [-0.4, -0.2) is 31.0 Å². The largest absolute Gasteiger partial charge is 0.316 e. The summed E-state index contributed by atoms with van der Waals surface area (Å²) in [5.41, 5.74) is 1.00. The minimum absolute atomic E-state index is 0. The van der Waals surface area contributed by atoms with Crippen molar-refractivity contribution in [2.24, 2.45) is 15.9 Å². The number of hydrogen-bond acceptors (Lipinski definition) is 3. The molecule has 14 heavy (non-hydrogen) atoms. The maximum absolute atomic E-state index is 11.3. The summed E-state index contributed by atoms with van der Waals surface area (Å²) in [6.07, 6.45) is 3.09. The minimum Gasteiger partial charge on any atom is -0.316 e. The summed E-state index contributed by atoms with van der Waals surface area (Å²) >= 11 is 0. The monoisotopic (exact) mass is 237 g/mol. The van der Waals surface area contributed by atoms with Crippen LogP contribution in [0.3, 0.4) is 0 Å². The highest BCUT2D eigenvalue weighted by Gasteiger charge is 2.26. The Labute approximate surface area is 95.1 Å². The summed E-state index contributed by atoms with van der Waals surface area (Å²) in [7, 11) is 0. The number of halogens is 2. The van der Waals surface area contributed by atoms with Crippen molar-refractivity contribution < 1.29 is 4.79 Å². The Kier molecular flexibility index (Phi) is 5.92. The molecular formula is C8H13Cl2N3O. The Bertz CT molecular complexity index is 265. The molecule has 0 spiro atoms. The molecule has 1 saturated heterocycles. The van der Waals surface area contributed by atoms with Gasteiger partial charge in [0.1, 0.15) is 6.34 Å². The van der Waals surface area contributed by atoms with Gasteiger partial charge in [-0.2, -0.15) is 0 Å². The molecule has 2 aliphatic rings. The van der Waals surface area contributed by atoms with Gasteiger partial charge in [0.25, 0.3) is 5.91 Å². The summed E-state index contributed by atoms with van der Waals surface area (Å²) in [6.45, 7) is 1.82. The maximum Gasteiger partial charge on any atom is 0.255 e. The zero-order chi connectivity index (χ0) is 8.39. The molecule has 0 radical (unpaired) electrons. The topological polar surface area (TPSA) is 53.8 Å². The number of aliphatic imine (C=N–C) groups is 2. The van der Waals surface area contributed by atoms with Crippen LogP contribution in [0.25, 0.3) is 0 Å². The van der Waals surface area contributed by atoms with Crippen LogP contribution in [-0.2, 0) is 4.79 Å². The molecule has 0 aliphatic carbocycles. The summed E-state index contributed by atoms with van der Waals surface area (Å²) in [6, 6.07) is 0. The van der Waals surface area contributed by atoms with Crippen LogP contribution in [0.4, 0.5) is 0 Å².